The molecule has 2 aromatic carbocycles. The Morgan fingerprint density at radius 3 is 2.67 bits per heavy atom. The molecule has 36 heavy (non-hydrogen) atoms. The number of nitrogens with zero attached hydrogens (tertiary/aromatic N) is 4. The molecular formula is C25H22F2N6O3. The second-order valence-corrected chi connectivity index (χ2v) is 7.80. The highest BCUT2D eigenvalue weighted by atomic mass is 19.3. The number of rotatable bonds is 8. The molecule has 0 saturated heterocycles. The Morgan fingerprint density at radius 1 is 1.17 bits per heavy atom. The molecular weight excluding hydrogens is 470 g/mol. The summed E-state index contributed by atoms with van der Waals surface area (Å²) in [5, 5.41) is 15.0. The Morgan fingerprint density at radius 2 is 1.97 bits per heavy atom. The van der Waals surface area contributed by atoms with Gasteiger partial charge in [0.1, 0.15) is 22.8 Å². The van der Waals surface area contributed by atoms with Crippen LogP contribution in [-0.2, 0) is 13.5 Å². The summed E-state index contributed by atoms with van der Waals surface area (Å²) >= 11 is 0. The highest BCUT2D eigenvalue weighted by Crippen LogP contribution is 2.30. The summed E-state index contributed by atoms with van der Waals surface area (Å²) < 4.78 is 38.6. The normalized spacial score (nSPS) is 10.8. The van der Waals surface area contributed by atoms with Crippen molar-refractivity contribution in [2.75, 3.05) is 24.9 Å². The lowest BCUT2D eigenvalue weighted by molar-refractivity contribution is 0.102. The van der Waals surface area contributed by atoms with Gasteiger partial charge in [0.2, 0.25) is 6.43 Å². The molecule has 0 aliphatic heterocycles. The van der Waals surface area contributed by atoms with Gasteiger partial charge >= 0.3 is 0 Å². The predicted molar refractivity (Wildman–Crippen MR) is 130 cm³/mol. The van der Waals surface area contributed by atoms with E-state index in [1.807, 2.05) is 6.07 Å². The number of hydrogen-bond donors (Lipinski definition) is 2. The van der Waals surface area contributed by atoms with Crippen molar-refractivity contribution >= 4 is 34.3 Å². The van der Waals surface area contributed by atoms with Gasteiger partial charge in [0.15, 0.2) is 5.82 Å². The molecule has 0 atom stereocenters. The molecule has 2 heterocycles. The molecule has 0 aliphatic rings. The van der Waals surface area contributed by atoms with Gasteiger partial charge in [-0.2, -0.15) is 5.26 Å². The van der Waals surface area contributed by atoms with Crippen molar-refractivity contribution in [3.05, 3.63) is 65.5 Å². The molecule has 4 aromatic rings. The number of aromatic nitrogens is 3. The molecule has 0 saturated carbocycles. The zero-order chi connectivity index (χ0) is 25.8. The minimum absolute atomic E-state index is 0.169. The third-order valence-electron chi connectivity index (χ3n) is 5.47. The van der Waals surface area contributed by atoms with Crippen LogP contribution >= 0.6 is 0 Å². The monoisotopic (exact) mass is 492 g/mol. The van der Waals surface area contributed by atoms with Gasteiger partial charge in [-0.05, 0) is 35.9 Å². The number of anilines is 3. The van der Waals surface area contributed by atoms with Crippen LogP contribution < -0.4 is 20.1 Å². The lowest BCUT2D eigenvalue weighted by Crippen LogP contribution is -2.15. The molecule has 0 radical (unpaired) electrons. The molecule has 2 N–H and O–H groups in total. The number of methoxy groups -OCH3 is 2. The van der Waals surface area contributed by atoms with Crippen LogP contribution in [0.15, 0.2) is 48.8 Å². The average molecular weight is 492 g/mol. The summed E-state index contributed by atoms with van der Waals surface area (Å²) in [6.45, 7) is 0. The highest BCUT2D eigenvalue weighted by Gasteiger charge is 2.19. The van der Waals surface area contributed by atoms with E-state index in [0.29, 0.717) is 34.0 Å². The van der Waals surface area contributed by atoms with Crippen molar-refractivity contribution in [3.8, 4) is 17.6 Å². The first-order valence-electron chi connectivity index (χ1n) is 10.8. The molecule has 184 valence electrons. The van der Waals surface area contributed by atoms with Gasteiger partial charge in [-0.15, -0.1) is 0 Å². The fourth-order valence-electron chi connectivity index (χ4n) is 3.70. The minimum Gasteiger partial charge on any atom is -0.497 e. The number of ether oxygens (including phenoxy) is 2. The molecule has 2 aromatic heterocycles. The molecule has 4 rings (SSSR count). The Bertz CT molecular complexity index is 1480. The van der Waals surface area contributed by atoms with E-state index >= 15 is 0 Å². The van der Waals surface area contributed by atoms with Crippen LogP contribution in [0.1, 0.15) is 21.5 Å². The largest absolute Gasteiger partial charge is 0.497 e. The number of carbonyl (C=O) groups is 1. The highest BCUT2D eigenvalue weighted by molar-refractivity contribution is 6.09. The zero-order valence-electron chi connectivity index (χ0n) is 19.7. The van der Waals surface area contributed by atoms with E-state index in [-0.39, 0.29) is 22.5 Å². The van der Waals surface area contributed by atoms with E-state index in [1.165, 1.54) is 26.4 Å². The second-order valence-electron chi connectivity index (χ2n) is 7.80. The van der Waals surface area contributed by atoms with E-state index < -0.39 is 18.8 Å². The lowest BCUT2D eigenvalue weighted by Gasteiger charge is -2.14. The van der Waals surface area contributed by atoms with Gasteiger partial charge in [-0.25, -0.2) is 18.7 Å². The number of nitriles is 1. The molecule has 0 fully saturated rings. The molecule has 9 nitrogen and oxygen atoms in total. The first-order chi connectivity index (χ1) is 17.3. The van der Waals surface area contributed by atoms with E-state index in [9.17, 15) is 13.6 Å². The van der Waals surface area contributed by atoms with E-state index in [2.05, 4.69) is 20.6 Å². The number of aryl methyl sites for hydroxylation is 1. The van der Waals surface area contributed by atoms with Crippen LogP contribution in [0.5, 0.6) is 11.5 Å². The summed E-state index contributed by atoms with van der Waals surface area (Å²) in [6.07, 6.45) is -1.56. The van der Waals surface area contributed by atoms with E-state index in [1.54, 1.807) is 48.3 Å². The van der Waals surface area contributed by atoms with Gasteiger partial charge in [-0.1, -0.05) is 0 Å². The summed E-state index contributed by atoms with van der Waals surface area (Å²) in [6, 6.07) is 12.9. The van der Waals surface area contributed by atoms with Crippen molar-refractivity contribution in [1.29, 1.82) is 5.26 Å². The number of fused-ring (bicyclic) bond motifs is 1. The summed E-state index contributed by atoms with van der Waals surface area (Å²) in [7, 11) is 4.73. The topological polar surface area (TPSA) is 114 Å². The van der Waals surface area contributed by atoms with Crippen LogP contribution in [0.3, 0.4) is 0 Å². The molecule has 0 bridgehead atoms. The van der Waals surface area contributed by atoms with Crippen LogP contribution in [0.4, 0.5) is 26.1 Å². The van der Waals surface area contributed by atoms with Crippen molar-refractivity contribution in [2.45, 2.75) is 12.8 Å². The minimum atomic E-state index is -2.60. The van der Waals surface area contributed by atoms with Crippen molar-refractivity contribution in [1.82, 2.24) is 14.5 Å². The van der Waals surface area contributed by atoms with Crippen LogP contribution in [0.25, 0.3) is 11.0 Å². The fourth-order valence-corrected chi connectivity index (χ4v) is 3.70. The number of nitrogens with one attached hydrogen (secondary N) is 2. The Kier molecular flexibility index (Phi) is 6.96. The van der Waals surface area contributed by atoms with Crippen LogP contribution in [0.2, 0.25) is 0 Å². The number of carbonyl (C=O) groups excluding carboxylic acids is 1. The maximum Gasteiger partial charge on any atom is 0.260 e. The molecule has 0 unspecified atom stereocenters. The van der Waals surface area contributed by atoms with Gasteiger partial charge in [-0.3, -0.25) is 4.79 Å². The maximum absolute atomic E-state index is 13.2. The predicted octanol–water partition coefficient (Wildman–Crippen LogP) is 4.66. The quantitative estimate of drug-likeness (QED) is 0.368. The Labute approximate surface area is 205 Å². The zero-order valence-corrected chi connectivity index (χ0v) is 19.7. The van der Waals surface area contributed by atoms with Crippen molar-refractivity contribution in [2.24, 2.45) is 7.05 Å². The van der Waals surface area contributed by atoms with Crippen LogP contribution in [-0.4, -0.2) is 41.1 Å². The number of pyridine rings is 1. The first-order valence-corrected chi connectivity index (χ1v) is 10.8. The average Bonchev–Trinajstić information content (AvgIpc) is 3.25. The first kappa shape index (κ1) is 24.4. The second kappa shape index (κ2) is 10.3. The van der Waals surface area contributed by atoms with E-state index in [0.717, 1.165) is 0 Å². The molecule has 1 amide bonds. The number of alkyl halides is 2. The Hall–Kier alpha value is -4.72. The standard InChI is InChI=1S/C25H22F2N6O3/c1-33-13-29-23-19(33)11-22(30-18-7-4-14(12-28)8-15(18)9-21(26)27)31-24(23)32-25(34)17-6-5-16(35-2)10-20(17)36-3/h4-8,10-11,13,21H,9H2,1-3H3,(H2,30,31,32,34). The van der Waals surface area contributed by atoms with Crippen molar-refractivity contribution in [3.63, 3.8) is 0 Å². The maximum atomic E-state index is 13.2. The molecule has 0 spiro atoms. The fraction of sp³-hybridized carbons (Fsp3) is 0.200. The van der Waals surface area contributed by atoms with Gasteiger partial charge in [0, 0.05) is 31.3 Å². The van der Waals surface area contributed by atoms with Gasteiger partial charge in [0.25, 0.3) is 5.91 Å². The summed E-state index contributed by atoms with van der Waals surface area (Å²) in [5.41, 5.74) is 2.26. The SMILES string of the molecule is COc1ccc(C(=O)Nc2nc(Nc3ccc(C#N)cc3CC(F)F)cc3c2ncn3C)c(OC)c1. The van der Waals surface area contributed by atoms with Crippen LogP contribution in [0, 0.1) is 11.3 Å². The summed E-state index contributed by atoms with van der Waals surface area (Å²) in [4.78, 5) is 21.9. The van der Waals surface area contributed by atoms with E-state index in [4.69, 9.17) is 14.7 Å². The number of benzene rings is 2. The summed E-state index contributed by atoms with van der Waals surface area (Å²) in [5.74, 6) is 0.822. The van der Waals surface area contributed by atoms with Crippen molar-refractivity contribution < 1.29 is 23.0 Å². The number of imidazole rings is 1. The smallest absolute Gasteiger partial charge is 0.260 e. The number of halogens is 2. The Balaban J connectivity index is 1.72. The number of hydrogen-bond acceptors (Lipinski definition) is 7. The third-order valence-corrected chi connectivity index (χ3v) is 5.47. The molecule has 11 heteroatoms. The third kappa shape index (κ3) is 5.02. The number of amides is 1. The molecule has 0 aliphatic carbocycles. The lowest BCUT2D eigenvalue weighted by atomic mass is 10.1. The van der Waals surface area contributed by atoms with Gasteiger partial charge in [0.05, 0.1) is 43.3 Å². The van der Waals surface area contributed by atoms with Gasteiger partial charge < -0.3 is 24.7 Å².